The number of nitrogens with one attached hydrogen (secondary N) is 4. The van der Waals surface area contributed by atoms with Crippen molar-refractivity contribution in [2.45, 2.75) is 49.9 Å². The monoisotopic (exact) mass is 499 g/mol. The van der Waals surface area contributed by atoms with Crippen molar-refractivity contribution in [1.29, 1.82) is 0 Å². The fraction of sp³-hybridized carbons (Fsp3) is 0.444. The average Bonchev–Trinajstić information content (AvgIpc) is 3.24. The molecular formula is C18H25N7O10. The summed E-state index contributed by atoms with van der Waals surface area (Å²) >= 11 is 0. The van der Waals surface area contributed by atoms with Gasteiger partial charge in [0, 0.05) is 18.3 Å². The Morgan fingerprint density at radius 3 is 1.83 bits per heavy atom. The Bertz CT molecular complexity index is 965. The number of aromatic nitrogens is 2. The number of hydrogen-bond donors (Lipinski definition) is 9. The number of carbonyl (C=O) groups is 7. The molecule has 1 rings (SSSR count). The number of nitrogens with two attached hydrogens (primary N) is 2. The van der Waals surface area contributed by atoms with Gasteiger partial charge in [0.25, 0.3) is 0 Å². The third-order valence-electron chi connectivity index (χ3n) is 4.37. The van der Waals surface area contributed by atoms with Crippen LogP contribution in [0.25, 0.3) is 0 Å². The standard InChI is InChI=1S/C18H25N7O10/c19-8(2-12(20)26)15(31)23-9(1-7-5-21-6-22-7)16(32)24-10(3-13(27)28)17(33)25-11(18(34)35)4-14(29)30/h5-6,8-11H,1-4,19H2,(H2,20,26)(H,21,22)(H,23,31)(H,24,32)(H,25,33)(H,27,28)(H,29,30)(H,34,35). The van der Waals surface area contributed by atoms with Crippen LogP contribution in [0.4, 0.5) is 0 Å². The molecule has 0 aliphatic heterocycles. The number of carboxylic acids is 3. The van der Waals surface area contributed by atoms with Crippen LogP contribution in [0.5, 0.6) is 0 Å². The van der Waals surface area contributed by atoms with E-state index in [2.05, 4.69) is 20.6 Å². The molecule has 0 aromatic carbocycles. The Morgan fingerprint density at radius 1 is 0.829 bits per heavy atom. The zero-order chi connectivity index (χ0) is 26.7. The molecule has 0 aliphatic rings. The first-order valence-corrected chi connectivity index (χ1v) is 9.88. The number of imidazole rings is 1. The van der Waals surface area contributed by atoms with Crippen molar-refractivity contribution in [3.05, 3.63) is 18.2 Å². The number of nitrogens with zero attached hydrogens (tertiary/aromatic N) is 1. The van der Waals surface area contributed by atoms with Gasteiger partial charge in [-0.25, -0.2) is 9.78 Å². The van der Waals surface area contributed by atoms with Gasteiger partial charge in [-0.15, -0.1) is 0 Å². The second kappa shape index (κ2) is 13.2. The van der Waals surface area contributed by atoms with Gasteiger partial charge in [-0.05, 0) is 0 Å². The molecule has 0 saturated heterocycles. The SMILES string of the molecule is NC(=O)CC(N)C(=O)NC(Cc1cnc[nH]1)C(=O)NC(CC(=O)O)C(=O)NC(CC(=O)O)C(=O)O. The van der Waals surface area contributed by atoms with E-state index in [-0.39, 0.29) is 6.42 Å². The molecule has 4 amide bonds. The van der Waals surface area contributed by atoms with Crippen molar-refractivity contribution in [2.75, 3.05) is 0 Å². The molecule has 0 saturated carbocycles. The number of hydrogen-bond acceptors (Lipinski definition) is 9. The van der Waals surface area contributed by atoms with Crippen LogP contribution in [-0.4, -0.2) is 91.0 Å². The molecule has 0 bridgehead atoms. The lowest BCUT2D eigenvalue weighted by Gasteiger charge is -2.24. The molecule has 0 fully saturated rings. The number of rotatable bonds is 15. The lowest BCUT2D eigenvalue weighted by atomic mass is 10.1. The molecule has 0 spiro atoms. The molecule has 1 aromatic rings. The quantitative estimate of drug-likeness (QED) is 0.111. The largest absolute Gasteiger partial charge is 0.481 e. The third kappa shape index (κ3) is 10.3. The summed E-state index contributed by atoms with van der Waals surface area (Å²) in [6, 6.07) is -6.59. The molecule has 4 atom stereocenters. The molecule has 0 radical (unpaired) electrons. The van der Waals surface area contributed by atoms with Crippen LogP contribution in [0.2, 0.25) is 0 Å². The molecule has 17 nitrogen and oxygen atoms in total. The Kier molecular flexibility index (Phi) is 10.8. The first-order valence-electron chi connectivity index (χ1n) is 9.88. The van der Waals surface area contributed by atoms with Crippen molar-refractivity contribution in [3.8, 4) is 0 Å². The Labute approximate surface area is 196 Å². The summed E-state index contributed by atoms with van der Waals surface area (Å²) in [5.41, 5.74) is 10.9. The van der Waals surface area contributed by atoms with Gasteiger partial charge in [0.2, 0.25) is 23.6 Å². The van der Waals surface area contributed by atoms with Gasteiger partial charge in [-0.2, -0.15) is 0 Å². The first kappa shape index (κ1) is 28.5. The number of aliphatic carboxylic acids is 3. The van der Waals surface area contributed by atoms with Crippen LogP contribution in [0, 0.1) is 0 Å². The normalized spacial score (nSPS) is 14.0. The highest BCUT2D eigenvalue weighted by Crippen LogP contribution is 2.04. The van der Waals surface area contributed by atoms with E-state index in [9.17, 15) is 33.6 Å². The van der Waals surface area contributed by atoms with Crippen molar-refractivity contribution in [1.82, 2.24) is 25.9 Å². The van der Waals surface area contributed by atoms with E-state index in [0.29, 0.717) is 5.69 Å². The minimum Gasteiger partial charge on any atom is -0.481 e. The van der Waals surface area contributed by atoms with E-state index < -0.39 is 85.0 Å². The summed E-state index contributed by atoms with van der Waals surface area (Å²) in [6.45, 7) is 0. The zero-order valence-electron chi connectivity index (χ0n) is 18.1. The van der Waals surface area contributed by atoms with E-state index in [0.717, 1.165) is 0 Å². The van der Waals surface area contributed by atoms with Gasteiger partial charge in [0.05, 0.1) is 31.6 Å². The predicted octanol–water partition coefficient (Wildman–Crippen LogP) is -4.36. The zero-order valence-corrected chi connectivity index (χ0v) is 18.1. The number of H-pyrrole nitrogens is 1. The van der Waals surface area contributed by atoms with Crippen molar-refractivity contribution in [3.63, 3.8) is 0 Å². The number of amides is 4. The Balaban J connectivity index is 3.08. The first-order chi connectivity index (χ1) is 16.3. The van der Waals surface area contributed by atoms with Gasteiger partial charge < -0.3 is 47.7 Å². The second-order valence-electron chi connectivity index (χ2n) is 7.28. The minimum absolute atomic E-state index is 0.223. The van der Waals surface area contributed by atoms with Crippen LogP contribution in [0.1, 0.15) is 25.0 Å². The van der Waals surface area contributed by atoms with E-state index in [4.69, 9.17) is 26.8 Å². The lowest BCUT2D eigenvalue weighted by Crippen LogP contribution is -2.58. The molecule has 17 heteroatoms. The summed E-state index contributed by atoms with van der Waals surface area (Å²) in [7, 11) is 0. The van der Waals surface area contributed by atoms with Gasteiger partial charge in [-0.3, -0.25) is 28.8 Å². The van der Waals surface area contributed by atoms with Crippen molar-refractivity contribution in [2.24, 2.45) is 11.5 Å². The van der Waals surface area contributed by atoms with Gasteiger partial charge >= 0.3 is 17.9 Å². The van der Waals surface area contributed by atoms with Crippen LogP contribution >= 0.6 is 0 Å². The maximum atomic E-state index is 12.9. The van der Waals surface area contributed by atoms with Crippen LogP contribution in [0.15, 0.2) is 12.5 Å². The Morgan fingerprint density at radius 2 is 1.34 bits per heavy atom. The smallest absolute Gasteiger partial charge is 0.326 e. The van der Waals surface area contributed by atoms with Gasteiger partial charge in [0.1, 0.15) is 18.1 Å². The molecule has 1 aromatic heterocycles. The van der Waals surface area contributed by atoms with Crippen LogP contribution in [0.3, 0.4) is 0 Å². The van der Waals surface area contributed by atoms with Crippen molar-refractivity contribution >= 4 is 41.5 Å². The molecule has 192 valence electrons. The molecule has 11 N–H and O–H groups in total. The lowest BCUT2D eigenvalue weighted by molar-refractivity contribution is -0.148. The van der Waals surface area contributed by atoms with E-state index in [1.807, 2.05) is 5.32 Å². The summed E-state index contributed by atoms with van der Waals surface area (Å²) < 4.78 is 0. The Hall–Kier alpha value is -4.54. The molecule has 4 unspecified atom stereocenters. The van der Waals surface area contributed by atoms with Crippen molar-refractivity contribution < 1.29 is 48.9 Å². The summed E-state index contributed by atoms with van der Waals surface area (Å²) in [5.74, 6) is -8.98. The third-order valence-corrected chi connectivity index (χ3v) is 4.37. The topological polar surface area (TPSA) is 297 Å². The van der Waals surface area contributed by atoms with Gasteiger partial charge in [0.15, 0.2) is 0 Å². The number of aromatic amines is 1. The van der Waals surface area contributed by atoms with E-state index in [1.54, 1.807) is 0 Å². The molecular weight excluding hydrogens is 474 g/mol. The second-order valence-corrected chi connectivity index (χ2v) is 7.28. The van der Waals surface area contributed by atoms with Gasteiger partial charge in [-0.1, -0.05) is 0 Å². The summed E-state index contributed by atoms with van der Waals surface area (Å²) in [6.07, 6.45) is -0.165. The molecule has 0 aliphatic carbocycles. The number of carbonyl (C=O) groups excluding carboxylic acids is 4. The fourth-order valence-corrected chi connectivity index (χ4v) is 2.72. The average molecular weight is 499 g/mol. The summed E-state index contributed by atoms with van der Waals surface area (Å²) in [4.78, 5) is 88.3. The number of primary amides is 1. The highest BCUT2D eigenvalue weighted by molar-refractivity contribution is 5.96. The number of carboxylic acid groups (broad SMARTS) is 3. The maximum absolute atomic E-state index is 12.9. The highest BCUT2D eigenvalue weighted by atomic mass is 16.4. The van der Waals surface area contributed by atoms with E-state index >= 15 is 0 Å². The van der Waals surface area contributed by atoms with Crippen LogP contribution in [-0.2, 0) is 40.0 Å². The molecule has 35 heavy (non-hydrogen) atoms. The van der Waals surface area contributed by atoms with E-state index in [1.165, 1.54) is 12.5 Å². The minimum atomic E-state index is -1.90. The predicted molar refractivity (Wildman–Crippen MR) is 112 cm³/mol. The highest BCUT2D eigenvalue weighted by Gasteiger charge is 2.32. The maximum Gasteiger partial charge on any atom is 0.326 e. The van der Waals surface area contributed by atoms with Crippen LogP contribution < -0.4 is 27.4 Å². The molecule has 1 heterocycles. The fourth-order valence-electron chi connectivity index (χ4n) is 2.72. The summed E-state index contributed by atoms with van der Waals surface area (Å²) in [5, 5.41) is 33.2.